The van der Waals surface area contributed by atoms with Crippen molar-refractivity contribution in [2.45, 2.75) is 56.9 Å². The van der Waals surface area contributed by atoms with Crippen molar-refractivity contribution in [3.05, 3.63) is 35.5 Å². The fraction of sp³-hybridized carbons (Fsp3) is 0.471. The SMILES string of the molecule is CC(C)(C)N1C2=C(CCCC2)C(=O)Sc2ccccc21. The first-order valence-corrected chi connectivity index (χ1v) is 8.13. The Morgan fingerprint density at radius 3 is 2.55 bits per heavy atom. The van der Waals surface area contributed by atoms with E-state index in [1.807, 2.05) is 6.07 Å². The highest BCUT2D eigenvalue weighted by atomic mass is 32.2. The highest BCUT2D eigenvalue weighted by Gasteiger charge is 2.34. The first-order valence-electron chi connectivity index (χ1n) is 7.32. The van der Waals surface area contributed by atoms with E-state index in [9.17, 15) is 4.79 Å². The van der Waals surface area contributed by atoms with Crippen molar-refractivity contribution in [2.24, 2.45) is 0 Å². The van der Waals surface area contributed by atoms with Crippen molar-refractivity contribution in [3.8, 4) is 0 Å². The zero-order valence-corrected chi connectivity index (χ0v) is 13.2. The second-order valence-corrected chi connectivity index (χ2v) is 7.51. The normalized spacial score (nSPS) is 19.6. The molecule has 0 atom stereocenters. The molecule has 20 heavy (non-hydrogen) atoms. The summed E-state index contributed by atoms with van der Waals surface area (Å²) in [6.07, 6.45) is 4.28. The van der Waals surface area contributed by atoms with E-state index in [0.29, 0.717) is 0 Å². The molecule has 0 aromatic heterocycles. The van der Waals surface area contributed by atoms with Gasteiger partial charge in [-0.15, -0.1) is 0 Å². The van der Waals surface area contributed by atoms with Gasteiger partial charge in [0.2, 0.25) is 5.12 Å². The largest absolute Gasteiger partial charge is 0.338 e. The van der Waals surface area contributed by atoms with Crippen LogP contribution in [0.2, 0.25) is 0 Å². The number of benzene rings is 1. The van der Waals surface area contributed by atoms with Gasteiger partial charge in [-0.3, -0.25) is 4.79 Å². The molecule has 1 heterocycles. The summed E-state index contributed by atoms with van der Waals surface area (Å²) < 4.78 is 0. The van der Waals surface area contributed by atoms with Gasteiger partial charge in [-0.2, -0.15) is 0 Å². The van der Waals surface area contributed by atoms with E-state index in [2.05, 4.69) is 43.9 Å². The van der Waals surface area contributed by atoms with Crippen LogP contribution in [0.1, 0.15) is 46.5 Å². The number of fused-ring (bicyclic) bond motifs is 1. The summed E-state index contributed by atoms with van der Waals surface area (Å²) in [5.41, 5.74) is 3.47. The number of anilines is 1. The van der Waals surface area contributed by atoms with Crippen molar-refractivity contribution in [3.63, 3.8) is 0 Å². The third kappa shape index (κ3) is 2.28. The molecule has 2 aliphatic rings. The van der Waals surface area contributed by atoms with Crippen LogP contribution in [0, 0.1) is 0 Å². The monoisotopic (exact) mass is 287 g/mol. The maximum Gasteiger partial charge on any atom is 0.221 e. The fourth-order valence-electron chi connectivity index (χ4n) is 3.16. The van der Waals surface area contributed by atoms with Gasteiger partial charge >= 0.3 is 0 Å². The molecular formula is C17H21NOS. The van der Waals surface area contributed by atoms with Crippen LogP contribution in [0.5, 0.6) is 0 Å². The Morgan fingerprint density at radius 2 is 1.80 bits per heavy atom. The van der Waals surface area contributed by atoms with Crippen molar-refractivity contribution in [2.75, 3.05) is 4.90 Å². The van der Waals surface area contributed by atoms with Gasteiger partial charge in [0.15, 0.2) is 0 Å². The van der Waals surface area contributed by atoms with Crippen LogP contribution >= 0.6 is 11.8 Å². The summed E-state index contributed by atoms with van der Waals surface area (Å²) in [4.78, 5) is 16.0. The molecule has 0 saturated heterocycles. The molecule has 1 aromatic rings. The molecule has 0 radical (unpaired) electrons. The summed E-state index contributed by atoms with van der Waals surface area (Å²) >= 11 is 1.40. The summed E-state index contributed by atoms with van der Waals surface area (Å²) in [7, 11) is 0. The van der Waals surface area contributed by atoms with Crippen LogP contribution in [0.25, 0.3) is 0 Å². The van der Waals surface area contributed by atoms with Crippen molar-refractivity contribution >= 4 is 22.6 Å². The Hall–Kier alpha value is -1.22. The highest BCUT2D eigenvalue weighted by molar-refractivity contribution is 8.14. The Labute approximate surface area is 125 Å². The average molecular weight is 287 g/mol. The number of hydrogen-bond acceptors (Lipinski definition) is 3. The van der Waals surface area contributed by atoms with Gasteiger partial charge in [0.1, 0.15) is 0 Å². The van der Waals surface area contributed by atoms with Gasteiger partial charge < -0.3 is 4.90 Å². The predicted molar refractivity (Wildman–Crippen MR) is 85.0 cm³/mol. The van der Waals surface area contributed by atoms with Gasteiger partial charge in [0.05, 0.1) is 5.69 Å². The predicted octanol–water partition coefficient (Wildman–Crippen LogP) is 4.75. The van der Waals surface area contributed by atoms with Gasteiger partial charge in [-0.25, -0.2) is 0 Å². The highest BCUT2D eigenvalue weighted by Crippen LogP contribution is 2.45. The van der Waals surface area contributed by atoms with Gasteiger partial charge in [0, 0.05) is 21.7 Å². The smallest absolute Gasteiger partial charge is 0.221 e. The lowest BCUT2D eigenvalue weighted by Gasteiger charge is -2.41. The van der Waals surface area contributed by atoms with E-state index in [1.165, 1.54) is 29.6 Å². The average Bonchev–Trinajstić information content (AvgIpc) is 2.52. The Bertz CT molecular complexity index is 583. The molecule has 1 aliphatic carbocycles. The van der Waals surface area contributed by atoms with E-state index < -0.39 is 0 Å². The van der Waals surface area contributed by atoms with Crippen LogP contribution in [0.15, 0.2) is 40.4 Å². The van der Waals surface area contributed by atoms with Gasteiger partial charge in [-0.1, -0.05) is 12.1 Å². The molecule has 0 bridgehead atoms. The summed E-state index contributed by atoms with van der Waals surface area (Å²) in [6, 6.07) is 8.29. The number of allylic oxidation sites excluding steroid dienone is 1. The zero-order chi connectivity index (χ0) is 14.3. The van der Waals surface area contributed by atoms with Crippen LogP contribution in [-0.2, 0) is 4.79 Å². The maximum absolute atomic E-state index is 12.6. The minimum Gasteiger partial charge on any atom is -0.338 e. The molecule has 1 aliphatic heterocycles. The lowest BCUT2D eigenvalue weighted by Crippen LogP contribution is -2.42. The van der Waals surface area contributed by atoms with E-state index in [1.54, 1.807) is 0 Å². The minimum atomic E-state index is -0.0147. The number of nitrogens with zero attached hydrogens (tertiary/aromatic N) is 1. The van der Waals surface area contributed by atoms with Crippen LogP contribution in [0.4, 0.5) is 5.69 Å². The lowest BCUT2D eigenvalue weighted by atomic mass is 9.92. The molecule has 3 heteroatoms. The Kier molecular flexibility index (Phi) is 3.41. The molecule has 2 nitrogen and oxygen atoms in total. The molecule has 3 rings (SSSR count). The summed E-state index contributed by atoms with van der Waals surface area (Å²) in [6.45, 7) is 6.68. The van der Waals surface area contributed by atoms with Crippen molar-refractivity contribution in [1.82, 2.24) is 0 Å². The van der Waals surface area contributed by atoms with Crippen molar-refractivity contribution < 1.29 is 4.79 Å². The Balaban J connectivity index is 2.23. The number of carbonyl (C=O) groups excluding carboxylic acids is 1. The van der Waals surface area contributed by atoms with E-state index in [4.69, 9.17) is 0 Å². The molecule has 0 amide bonds. The lowest BCUT2D eigenvalue weighted by molar-refractivity contribution is -0.108. The molecule has 0 spiro atoms. The number of rotatable bonds is 0. The van der Waals surface area contributed by atoms with Crippen molar-refractivity contribution in [1.29, 1.82) is 0 Å². The van der Waals surface area contributed by atoms with Crippen LogP contribution in [0.3, 0.4) is 0 Å². The third-order valence-corrected chi connectivity index (χ3v) is 4.93. The quantitative estimate of drug-likeness (QED) is 0.686. The second-order valence-electron chi connectivity index (χ2n) is 6.50. The number of carbonyl (C=O) groups is 1. The molecule has 0 saturated carbocycles. The molecule has 106 valence electrons. The fourth-order valence-corrected chi connectivity index (χ4v) is 4.11. The number of para-hydroxylation sites is 1. The van der Waals surface area contributed by atoms with Gasteiger partial charge in [-0.05, 0) is 70.3 Å². The summed E-state index contributed by atoms with van der Waals surface area (Å²) in [5, 5.41) is 0.249. The third-order valence-electron chi connectivity index (χ3n) is 3.93. The molecule has 0 fully saturated rings. The van der Waals surface area contributed by atoms with E-state index in [-0.39, 0.29) is 10.7 Å². The van der Waals surface area contributed by atoms with Gasteiger partial charge in [0.25, 0.3) is 0 Å². The van der Waals surface area contributed by atoms with Crippen LogP contribution < -0.4 is 4.90 Å². The molecular weight excluding hydrogens is 266 g/mol. The summed E-state index contributed by atoms with van der Waals surface area (Å²) in [5.74, 6) is 0. The topological polar surface area (TPSA) is 20.3 Å². The molecule has 0 unspecified atom stereocenters. The minimum absolute atomic E-state index is 0.0147. The van der Waals surface area contributed by atoms with Crippen LogP contribution in [-0.4, -0.2) is 10.7 Å². The number of hydrogen-bond donors (Lipinski definition) is 0. The Morgan fingerprint density at radius 1 is 1.10 bits per heavy atom. The first-order chi connectivity index (χ1) is 9.48. The standard InChI is InChI=1S/C17H21NOS/c1-17(2,3)18-13-9-5-4-8-12(13)16(19)20-15-11-7-6-10-14(15)18/h6-7,10-11H,4-5,8-9H2,1-3H3. The van der Waals surface area contributed by atoms with E-state index in [0.717, 1.165) is 29.7 Å². The zero-order valence-electron chi connectivity index (χ0n) is 12.4. The molecule has 1 aromatic carbocycles. The number of thioether (sulfide) groups is 1. The second kappa shape index (κ2) is 4.96. The van der Waals surface area contributed by atoms with E-state index >= 15 is 0 Å². The maximum atomic E-state index is 12.6. The molecule has 0 N–H and O–H groups in total. The first kappa shape index (κ1) is 13.7.